The predicted octanol–water partition coefficient (Wildman–Crippen LogP) is 3.09. The van der Waals surface area contributed by atoms with Crippen LogP contribution in [-0.2, 0) is 4.74 Å². The molecule has 9 heteroatoms. The summed E-state index contributed by atoms with van der Waals surface area (Å²) >= 11 is 3.65. The number of likely N-dealkylation sites (N-methyl/N-ethyl adjacent to an activating group) is 1. The Morgan fingerprint density at radius 2 is 2.06 bits per heavy atom. The molecule has 1 aromatic rings. The normalized spacial score (nSPS) is 25.1. The molecule has 0 amide bonds. The third-order valence-corrected chi connectivity index (χ3v) is 6.66. The van der Waals surface area contributed by atoms with Crippen LogP contribution in [0.4, 0.5) is 11.4 Å². The topological polar surface area (TPSA) is 127 Å². The Bertz CT molecular complexity index is 1020. The van der Waals surface area contributed by atoms with Crippen LogP contribution >= 0.6 is 15.9 Å². The van der Waals surface area contributed by atoms with Crippen LogP contribution < -0.4 is 11.1 Å². The maximum atomic E-state index is 9.81. The number of aliphatic hydroxyl groups is 2. The van der Waals surface area contributed by atoms with Gasteiger partial charge in [0.25, 0.3) is 0 Å². The number of aliphatic hydroxyl groups excluding tert-OH is 2. The molecule has 8 nitrogen and oxygen atoms in total. The standard InChI is InChI=1S/C23H28BrN5O3/c1-29-21-13(2-9-18(24)22(21)32-16-6-4-15(31)5-7-16)11-27-23(29)28-14-3-8-17(19(25)10-14)20(26)12-30/h2-3,8-11,15-16,21,26,30-31H,4-7,12,25H2,1H3,(H,27,28)/t15-,16+,21?. The second-order valence-electron chi connectivity index (χ2n) is 8.25. The first kappa shape index (κ1) is 22.6. The van der Waals surface area contributed by atoms with Crippen molar-refractivity contribution >= 4 is 39.0 Å². The van der Waals surface area contributed by atoms with Crippen LogP contribution in [0.25, 0.3) is 0 Å². The molecule has 0 spiro atoms. The van der Waals surface area contributed by atoms with E-state index in [0.717, 1.165) is 47.2 Å². The number of hydrogen-bond donors (Lipinski definition) is 5. The van der Waals surface area contributed by atoms with E-state index < -0.39 is 0 Å². The molecule has 3 aliphatic rings. The number of benzene rings is 1. The van der Waals surface area contributed by atoms with Gasteiger partial charge in [0.2, 0.25) is 5.96 Å². The number of allylic oxidation sites excluding steroid dienone is 2. The van der Waals surface area contributed by atoms with Gasteiger partial charge in [-0.15, -0.1) is 0 Å². The lowest BCUT2D eigenvalue weighted by molar-refractivity contribution is 0.0222. The molecule has 2 aliphatic carbocycles. The van der Waals surface area contributed by atoms with E-state index in [1.807, 2.05) is 36.4 Å². The van der Waals surface area contributed by atoms with Gasteiger partial charge in [-0.2, -0.15) is 0 Å². The molecule has 0 radical (unpaired) electrons. The lowest BCUT2D eigenvalue weighted by Gasteiger charge is -2.39. The number of nitrogens with two attached hydrogens (primary N) is 1. The molecule has 4 rings (SSSR count). The van der Waals surface area contributed by atoms with Crippen molar-refractivity contribution in [3.8, 4) is 0 Å². The number of ether oxygens (including phenoxy) is 1. The van der Waals surface area contributed by atoms with Crippen molar-refractivity contribution in [1.29, 1.82) is 5.41 Å². The van der Waals surface area contributed by atoms with Crippen LogP contribution in [0, 0.1) is 5.41 Å². The first-order chi connectivity index (χ1) is 15.4. The number of nitrogens with one attached hydrogen (secondary N) is 2. The van der Waals surface area contributed by atoms with Gasteiger partial charge in [-0.05, 0) is 65.9 Å². The van der Waals surface area contributed by atoms with Gasteiger partial charge in [-0.3, -0.25) is 0 Å². The molecule has 32 heavy (non-hydrogen) atoms. The molecule has 1 aromatic carbocycles. The lowest BCUT2D eigenvalue weighted by atomic mass is 9.94. The largest absolute Gasteiger partial charge is 0.491 e. The highest BCUT2D eigenvalue weighted by atomic mass is 79.9. The fraction of sp³-hybridized carbons (Fsp3) is 0.391. The van der Waals surface area contributed by atoms with E-state index in [9.17, 15) is 10.2 Å². The number of fused-ring (bicyclic) bond motifs is 1. The van der Waals surface area contributed by atoms with Crippen molar-refractivity contribution < 1.29 is 14.9 Å². The highest BCUT2D eigenvalue weighted by Gasteiger charge is 2.35. The van der Waals surface area contributed by atoms with Crippen LogP contribution in [0.2, 0.25) is 0 Å². The van der Waals surface area contributed by atoms with E-state index in [1.165, 1.54) is 0 Å². The minimum atomic E-state index is -0.362. The molecule has 0 bridgehead atoms. The van der Waals surface area contributed by atoms with Gasteiger partial charge in [0.1, 0.15) is 11.8 Å². The summed E-state index contributed by atoms with van der Waals surface area (Å²) in [6.07, 6.45) is 8.86. The number of guanidine groups is 1. The van der Waals surface area contributed by atoms with Crippen LogP contribution in [0.3, 0.4) is 0 Å². The maximum Gasteiger partial charge on any atom is 0.203 e. The Balaban J connectivity index is 1.53. The molecule has 0 aromatic heterocycles. The number of nitrogens with zero attached hydrogens (tertiary/aromatic N) is 2. The van der Waals surface area contributed by atoms with E-state index in [0.29, 0.717) is 17.2 Å². The Labute approximate surface area is 195 Å². The summed E-state index contributed by atoms with van der Waals surface area (Å²) in [6.45, 7) is -0.362. The van der Waals surface area contributed by atoms with Gasteiger partial charge in [-0.1, -0.05) is 6.08 Å². The first-order valence-corrected chi connectivity index (χ1v) is 11.4. The van der Waals surface area contributed by atoms with Gasteiger partial charge in [-0.25, -0.2) is 4.99 Å². The Kier molecular flexibility index (Phi) is 6.68. The number of aliphatic imine (C=N–C) groups is 1. The van der Waals surface area contributed by atoms with Crippen LogP contribution in [0.15, 0.2) is 57.4 Å². The molecule has 1 saturated carbocycles. The second-order valence-corrected chi connectivity index (χ2v) is 9.11. The Morgan fingerprint density at radius 1 is 1.31 bits per heavy atom. The van der Waals surface area contributed by atoms with E-state index in [-0.39, 0.29) is 30.6 Å². The van der Waals surface area contributed by atoms with Gasteiger partial charge >= 0.3 is 0 Å². The molecular formula is C23H28BrN5O3. The van der Waals surface area contributed by atoms with Gasteiger partial charge in [0.15, 0.2) is 0 Å². The van der Waals surface area contributed by atoms with E-state index in [2.05, 4.69) is 26.2 Å². The number of hydrogen-bond acceptors (Lipinski definition) is 8. The third-order valence-electron chi connectivity index (χ3n) is 6.01. The van der Waals surface area contributed by atoms with Gasteiger partial charge < -0.3 is 36.3 Å². The lowest BCUT2D eigenvalue weighted by Crippen LogP contribution is -2.46. The van der Waals surface area contributed by atoms with Crippen molar-refractivity contribution in [3.63, 3.8) is 0 Å². The summed E-state index contributed by atoms with van der Waals surface area (Å²) in [4.78, 5) is 6.60. The average molecular weight is 502 g/mol. The molecule has 1 atom stereocenters. The Morgan fingerprint density at radius 3 is 2.75 bits per heavy atom. The number of anilines is 2. The molecule has 1 heterocycles. The summed E-state index contributed by atoms with van der Waals surface area (Å²) in [5, 5.41) is 30.1. The fourth-order valence-corrected chi connectivity index (χ4v) is 4.64. The van der Waals surface area contributed by atoms with Crippen molar-refractivity contribution in [2.24, 2.45) is 4.99 Å². The highest BCUT2D eigenvalue weighted by Crippen LogP contribution is 2.36. The van der Waals surface area contributed by atoms with Crippen molar-refractivity contribution in [2.75, 3.05) is 24.7 Å². The third kappa shape index (κ3) is 4.60. The quantitative estimate of drug-likeness (QED) is 0.311. The van der Waals surface area contributed by atoms with E-state index in [4.69, 9.17) is 15.9 Å². The summed E-state index contributed by atoms with van der Waals surface area (Å²) in [5.41, 5.74) is 8.84. The summed E-state index contributed by atoms with van der Waals surface area (Å²) in [7, 11) is 1.95. The molecule has 6 N–H and O–H groups in total. The van der Waals surface area contributed by atoms with Crippen LogP contribution in [0.1, 0.15) is 31.2 Å². The molecule has 1 aliphatic heterocycles. The summed E-state index contributed by atoms with van der Waals surface area (Å²) < 4.78 is 7.34. The first-order valence-electron chi connectivity index (χ1n) is 10.7. The van der Waals surface area contributed by atoms with Crippen molar-refractivity contribution in [1.82, 2.24) is 4.90 Å². The predicted molar refractivity (Wildman–Crippen MR) is 130 cm³/mol. The summed E-state index contributed by atoms with van der Waals surface area (Å²) in [6, 6.07) is 5.11. The summed E-state index contributed by atoms with van der Waals surface area (Å²) in [5.74, 6) is 1.47. The zero-order chi connectivity index (χ0) is 22.8. The molecule has 1 unspecified atom stereocenters. The minimum absolute atomic E-state index is 0.0755. The Hall–Kier alpha value is -2.62. The zero-order valence-electron chi connectivity index (χ0n) is 17.9. The van der Waals surface area contributed by atoms with Crippen LogP contribution in [0.5, 0.6) is 0 Å². The minimum Gasteiger partial charge on any atom is -0.491 e. The monoisotopic (exact) mass is 501 g/mol. The average Bonchev–Trinajstić information content (AvgIpc) is 2.78. The van der Waals surface area contributed by atoms with Gasteiger partial charge in [0.05, 0.1) is 29.0 Å². The zero-order valence-corrected chi connectivity index (χ0v) is 19.5. The smallest absolute Gasteiger partial charge is 0.203 e. The molecule has 0 saturated heterocycles. The molecule has 170 valence electrons. The number of rotatable bonds is 5. The highest BCUT2D eigenvalue weighted by molar-refractivity contribution is 9.11. The van der Waals surface area contributed by atoms with E-state index >= 15 is 0 Å². The SMILES string of the molecule is CN1C(Nc2ccc(C(=N)CO)c(N)c2)=NC=C2C=CC(Br)=C(O[C@H]3CC[C@@H](O)CC3)C21. The maximum absolute atomic E-state index is 9.81. The van der Waals surface area contributed by atoms with Crippen molar-refractivity contribution in [2.45, 2.75) is 43.9 Å². The van der Waals surface area contributed by atoms with Gasteiger partial charge in [0, 0.05) is 35.8 Å². The fourth-order valence-electron chi connectivity index (χ4n) is 4.20. The van der Waals surface area contributed by atoms with Crippen molar-refractivity contribution in [3.05, 3.63) is 57.9 Å². The molecule has 1 fully saturated rings. The molecular weight excluding hydrogens is 474 g/mol. The number of nitrogen functional groups attached to an aromatic ring is 1. The number of halogens is 1. The second kappa shape index (κ2) is 9.48. The van der Waals surface area contributed by atoms with E-state index in [1.54, 1.807) is 12.1 Å². The van der Waals surface area contributed by atoms with Crippen LogP contribution in [-0.4, -0.2) is 58.7 Å².